The molecule has 0 N–H and O–H groups in total. The van der Waals surface area contributed by atoms with Crippen LogP contribution in [0.15, 0.2) is 53.3 Å². The Balaban J connectivity index is 1.73. The Hall–Kier alpha value is -2.90. The maximum Gasteiger partial charge on any atom is 0.275 e. The van der Waals surface area contributed by atoms with Crippen LogP contribution in [0.25, 0.3) is 10.8 Å². The van der Waals surface area contributed by atoms with Gasteiger partial charge in [0.15, 0.2) is 0 Å². The minimum atomic E-state index is -0.0699. The highest BCUT2D eigenvalue weighted by Gasteiger charge is 2.28. The normalized spacial score (nSPS) is 16.0. The molecule has 130 valence electrons. The molecule has 4 rings (SSSR count). The summed E-state index contributed by atoms with van der Waals surface area (Å²) in [5.74, 6) is 2.75. The number of nitrogens with zero attached hydrogens (tertiary/aromatic N) is 3. The van der Waals surface area contributed by atoms with Crippen LogP contribution in [0.2, 0.25) is 0 Å². The van der Waals surface area contributed by atoms with Gasteiger partial charge in [0, 0.05) is 11.4 Å². The van der Waals surface area contributed by atoms with Crippen LogP contribution in [0.4, 0.5) is 0 Å². The van der Waals surface area contributed by atoms with Crippen LogP contribution in [0.3, 0.4) is 0 Å². The number of rotatable bonds is 4. The van der Waals surface area contributed by atoms with Crippen molar-refractivity contribution >= 4 is 10.8 Å². The van der Waals surface area contributed by atoms with Crippen LogP contribution in [-0.4, -0.2) is 21.2 Å². The van der Waals surface area contributed by atoms with E-state index in [0.29, 0.717) is 18.6 Å². The molecule has 0 amide bonds. The molecule has 4 nitrogen and oxygen atoms in total. The summed E-state index contributed by atoms with van der Waals surface area (Å²) in [6, 6.07) is 16.3. The molecule has 0 saturated heterocycles. The summed E-state index contributed by atoms with van der Waals surface area (Å²) in [7, 11) is 0. The molecule has 0 radical (unpaired) electrons. The molecule has 26 heavy (non-hydrogen) atoms. The van der Waals surface area contributed by atoms with E-state index in [1.54, 1.807) is 4.68 Å². The number of hydrogen-bond donors (Lipinski definition) is 0. The van der Waals surface area contributed by atoms with Crippen molar-refractivity contribution in [2.24, 2.45) is 0 Å². The molecule has 4 heteroatoms. The van der Waals surface area contributed by atoms with Gasteiger partial charge in [-0.1, -0.05) is 48.4 Å². The molecule has 2 aromatic carbocycles. The van der Waals surface area contributed by atoms with Gasteiger partial charge in [0.2, 0.25) is 0 Å². The second kappa shape index (κ2) is 6.78. The Morgan fingerprint density at radius 3 is 2.73 bits per heavy atom. The van der Waals surface area contributed by atoms with Crippen molar-refractivity contribution in [3.8, 4) is 12.3 Å². The minimum Gasteiger partial charge on any atom is -0.267 e. The first kappa shape index (κ1) is 16.6. The van der Waals surface area contributed by atoms with E-state index in [1.807, 2.05) is 31.2 Å². The fourth-order valence-corrected chi connectivity index (χ4v) is 3.96. The maximum atomic E-state index is 12.9. The fourth-order valence-electron chi connectivity index (χ4n) is 3.96. The quantitative estimate of drug-likeness (QED) is 0.682. The highest BCUT2D eigenvalue weighted by atomic mass is 16.1. The predicted octanol–water partition coefficient (Wildman–Crippen LogP) is 3.29. The van der Waals surface area contributed by atoms with Crippen molar-refractivity contribution in [2.75, 3.05) is 6.54 Å². The van der Waals surface area contributed by atoms with Gasteiger partial charge in [0.1, 0.15) is 0 Å². The van der Waals surface area contributed by atoms with Crippen molar-refractivity contribution < 1.29 is 0 Å². The molecule has 1 aromatic heterocycles. The topological polar surface area (TPSA) is 38.1 Å². The standard InChI is InChI=1S/C22H21N3O/c1-3-14-24(21-13-12-17-8-4-5-10-19(17)21)15-25-22(26)20-11-7-6-9-18(20)16(2)23-25/h1,4-11,21H,12-15H2,2H3. The molecular weight excluding hydrogens is 322 g/mol. The van der Waals surface area contributed by atoms with Crippen LogP contribution in [0.1, 0.15) is 29.3 Å². The first-order valence-corrected chi connectivity index (χ1v) is 8.91. The van der Waals surface area contributed by atoms with Crippen molar-refractivity contribution in [1.82, 2.24) is 14.7 Å². The van der Waals surface area contributed by atoms with Crippen molar-refractivity contribution in [1.29, 1.82) is 0 Å². The van der Waals surface area contributed by atoms with Gasteiger partial charge in [-0.3, -0.25) is 9.69 Å². The van der Waals surface area contributed by atoms with E-state index in [-0.39, 0.29) is 11.6 Å². The zero-order valence-corrected chi connectivity index (χ0v) is 14.9. The van der Waals surface area contributed by atoms with Gasteiger partial charge in [-0.25, -0.2) is 4.68 Å². The third-order valence-electron chi connectivity index (χ3n) is 5.20. The first-order chi connectivity index (χ1) is 12.7. The first-order valence-electron chi connectivity index (χ1n) is 8.91. The summed E-state index contributed by atoms with van der Waals surface area (Å²) in [4.78, 5) is 15.1. The average molecular weight is 343 g/mol. The Kier molecular flexibility index (Phi) is 4.32. The summed E-state index contributed by atoms with van der Waals surface area (Å²) >= 11 is 0. The highest BCUT2D eigenvalue weighted by Crippen LogP contribution is 2.35. The van der Waals surface area contributed by atoms with Crippen LogP contribution in [0, 0.1) is 19.3 Å². The summed E-state index contributed by atoms with van der Waals surface area (Å²) in [6.45, 7) is 2.82. The molecule has 1 aliphatic carbocycles. The fraction of sp³-hybridized carbons (Fsp3) is 0.273. The van der Waals surface area contributed by atoms with Gasteiger partial charge in [-0.05, 0) is 37.0 Å². The molecule has 0 bridgehead atoms. The number of terminal acetylenes is 1. The smallest absolute Gasteiger partial charge is 0.267 e. The third-order valence-corrected chi connectivity index (χ3v) is 5.20. The zero-order chi connectivity index (χ0) is 18.1. The van der Waals surface area contributed by atoms with Gasteiger partial charge in [-0.2, -0.15) is 5.10 Å². The van der Waals surface area contributed by atoms with E-state index >= 15 is 0 Å². The van der Waals surface area contributed by atoms with Crippen molar-refractivity contribution in [3.05, 3.63) is 75.7 Å². The molecule has 1 atom stereocenters. The van der Waals surface area contributed by atoms with Crippen molar-refractivity contribution in [3.63, 3.8) is 0 Å². The molecule has 1 aliphatic rings. The zero-order valence-electron chi connectivity index (χ0n) is 14.9. The molecule has 0 aliphatic heterocycles. The largest absolute Gasteiger partial charge is 0.275 e. The molecule has 0 saturated carbocycles. The Morgan fingerprint density at radius 1 is 1.19 bits per heavy atom. The lowest BCUT2D eigenvalue weighted by atomic mass is 10.1. The number of benzene rings is 2. The van der Waals surface area contributed by atoms with Gasteiger partial charge in [0.05, 0.1) is 24.3 Å². The van der Waals surface area contributed by atoms with Gasteiger partial charge < -0.3 is 0 Å². The lowest BCUT2D eigenvalue weighted by molar-refractivity contribution is 0.160. The van der Waals surface area contributed by atoms with Crippen LogP contribution < -0.4 is 5.56 Å². The van der Waals surface area contributed by atoms with Crippen molar-refractivity contribution in [2.45, 2.75) is 32.5 Å². The maximum absolute atomic E-state index is 12.9. The van der Waals surface area contributed by atoms with Crippen LogP contribution >= 0.6 is 0 Å². The Bertz CT molecular complexity index is 1060. The number of aryl methyl sites for hydroxylation is 2. The number of hydrogen-bond acceptors (Lipinski definition) is 3. The Labute approximate surface area is 153 Å². The van der Waals surface area contributed by atoms with Crippen LogP contribution in [-0.2, 0) is 13.1 Å². The third kappa shape index (κ3) is 2.81. The minimum absolute atomic E-state index is 0.0699. The Morgan fingerprint density at radius 2 is 1.92 bits per heavy atom. The van der Waals surface area contributed by atoms with E-state index in [4.69, 9.17) is 6.42 Å². The number of aromatic nitrogens is 2. The second-order valence-electron chi connectivity index (χ2n) is 6.78. The molecule has 0 spiro atoms. The van der Waals surface area contributed by atoms with E-state index in [1.165, 1.54) is 11.1 Å². The summed E-state index contributed by atoms with van der Waals surface area (Å²) in [6.07, 6.45) is 7.69. The van der Waals surface area contributed by atoms with Crippen LogP contribution in [0.5, 0.6) is 0 Å². The van der Waals surface area contributed by atoms with E-state index in [2.05, 4.69) is 40.2 Å². The van der Waals surface area contributed by atoms with E-state index < -0.39 is 0 Å². The highest BCUT2D eigenvalue weighted by molar-refractivity contribution is 5.83. The SMILES string of the molecule is C#CCN(Cn1nc(C)c2ccccc2c1=O)C1CCc2ccccc21. The average Bonchev–Trinajstić information content (AvgIpc) is 3.09. The lowest BCUT2D eigenvalue weighted by Crippen LogP contribution is -2.36. The predicted molar refractivity (Wildman–Crippen MR) is 104 cm³/mol. The van der Waals surface area contributed by atoms with E-state index in [0.717, 1.165) is 23.9 Å². The lowest BCUT2D eigenvalue weighted by Gasteiger charge is -2.28. The second-order valence-corrected chi connectivity index (χ2v) is 6.78. The summed E-state index contributed by atoms with van der Waals surface area (Å²) < 4.78 is 1.55. The monoisotopic (exact) mass is 343 g/mol. The van der Waals surface area contributed by atoms with Gasteiger partial charge in [0.25, 0.3) is 5.56 Å². The van der Waals surface area contributed by atoms with Gasteiger partial charge >= 0.3 is 0 Å². The van der Waals surface area contributed by atoms with Gasteiger partial charge in [-0.15, -0.1) is 6.42 Å². The number of fused-ring (bicyclic) bond motifs is 2. The molecule has 1 heterocycles. The molecule has 3 aromatic rings. The summed E-state index contributed by atoms with van der Waals surface area (Å²) in [5.41, 5.74) is 3.47. The molecule has 1 unspecified atom stereocenters. The van der Waals surface area contributed by atoms with E-state index in [9.17, 15) is 4.79 Å². The summed E-state index contributed by atoms with van der Waals surface area (Å²) in [5, 5.41) is 6.15. The molecule has 0 fully saturated rings. The molecular formula is C22H21N3O.